The summed E-state index contributed by atoms with van der Waals surface area (Å²) in [6.07, 6.45) is 1.18. The van der Waals surface area contributed by atoms with E-state index in [9.17, 15) is 4.79 Å². The molecular formula is C15H19Cl3N2O2. The Morgan fingerprint density at radius 1 is 1.14 bits per heavy atom. The number of hydrogen-bond acceptors (Lipinski definition) is 3. The predicted molar refractivity (Wildman–Crippen MR) is 91.3 cm³/mol. The first-order chi connectivity index (χ1) is 10.1. The van der Waals surface area contributed by atoms with Crippen molar-refractivity contribution in [2.75, 3.05) is 5.32 Å². The van der Waals surface area contributed by atoms with Crippen molar-refractivity contribution < 1.29 is 9.53 Å². The Balaban J connectivity index is 1.82. The second kappa shape index (κ2) is 6.73. The van der Waals surface area contributed by atoms with Crippen LogP contribution in [0.1, 0.15) is 33.6 Å². The van der Waals surface area contributed by atoms with E-state index in [-0.39, 0.29) is 12.1 Å². The molecule has 2 N–H and O–H groups in total. The molecule has 1 amide bonds. The topological polar surface area (TPSA) is 50.4 Å². The largest absolute Gasteiger partial charge is 0.444 e. The highest BCUT2D eigenvalue weighted by molar-refractivity contribution is 6.41. The summed E-state index contributed by atoms with van der Waals surface area (Å²) >= 11 is 18.1. The number of hydrogen-bond donors (Lipinski definition) is 2. The van der Waals surface area contributed by atoms with E-state index in [4.69, 9.17) is 39.5 Å². The Bertz CT molecular complexity index is 543. The van der Waals surface area contributed by atoms with Gasteiger partial charge in [-0.15, -0.1) is 0 Å². The molecule has 1 aromatic carbocycles. The molecule has 1 aliphatic carbocycles. The van der Waals surface area contributed by atoms with Gasteiger partial charge >= 0.3 is 6.09 Å². The Morgan fingerprint density at radius 2 is 1.68 bits per heavy atom. The lowest BCUT2D eigenvalue weighted by molar-refractivity contribution is 0.0475. The number of ether oxygens (including phenoxy) is 1. The van der Waals surface area contributed by atoms with Crippen LogP contribution < -0.4 is 10.6 Å². The van der Waals surface area contributed by atoms with E-state index >= 15 is 0 Å². The van der Waals surface area contributed by atoms with Crippen LogP contribution in [0.25, 0.3) is 0 Å². The molecule has 0 unspecified atom stereocenters. The molecule has 1 saturated carbocycles. The molecule has 0 radical (unpaired) electrons. The minimum Gasteiger partial charge on any atom is -0.444 e. The van der Waals surface area contributed by atoms with Gasteiger partial charge in [0, 0.05) is 17.1 Å². The van der Waals surface area contributed by atoms with Crippen LogP contribution in [0.3, 0.4) is 0 Å². The molecule has 0 bridgehead atoms. The molecule has 1 aromatic rings. The first-order valence-electron chi connectivity index (χ1n) is 7.04. The normalized spacial score (nSPS) is 21.0. The molecule has 0 spiro atoms. The quantitative estimate of drug-likeness (QED) is 0.782. The molecule has 0 atom stereocenters. The predicted octanol–water partition coefficient (Wildman–Crippen LogP) is 5.11. The zero-order valence-electron chi connectivity index (χ0n) is 12.7. The van der Waals surface area contributed by atoms with Gasteiger partial charge in [-0.05, 0) is 45.7 Å². The van der Waals surface area contributed by atoms with E-state index in [1.54, 1.807) is 12.1 Å². The molecule has 1 aliphatic rings. The maximum absolute atomic E-state index is 11.7. The maximum atomic E-state index is 11.7. The molecular weight excluding hydrogens is 347 g/mol. The lowest BCUT2D eigenvalue weighted by atomic mass is 9.86. The van der Waals surface area contributed by atoms with E-state index in [2.05, 4.69) is 10.6 Å². The molecule has 0 heterocycles. The SMILES string of the molecule is CC(C)(C)OC(=O)NC1CC(Nc2c(Cl)cc(Cl)cc2Cl)C1. The van der Waals surface area contributed by atoms with Crippen molar-refractivity contribution in [1.29, 1.82) is 0 Å². The first kappa shape index (κ1) is 17.5. The van der Waals surface area contributed by atoms with Crippen LogP contribution in [-0.4, -0.2) is 23.8 Å². The van der Waals surface area contributed by atoms with Gasteiger partial charge in [-0.1, -0.05) is 34.8 Å². The monoisotopic (exact) mass is 364 g/mol. The molecule has 1 fully saturated rings. The van der Waals surface area contributed by atoms with Crippen molar-refractivity contribution in [3.8, 4) is 0 Å². The van der Waals surface area contributed by atoms with Crippen molar-refractivity contribution in [3.63, 3.8) is 0 Å². The lowest BCUT2D eigenvalue weighted by Gasteiger charge is -2.37. The van der Waals surface area contributed by atoms with Crippen LogP contribution in [0.2, 0.25) is 15.1 Å². The summed E-state index contributed by atoms with van der Waals surface area (Å²) in [6, 6.07) is 3.59. The van der Waals surface area contributed by atoms with E-state index in [1.807, 2.05) is 20.8 Å². The van der Waals surface area contributed by atoms with Crippen LogP contribution in [-0.2, 0) is 4.74 Å². The fourth-order valence-corrected chi connectivity index (χ4v) is 3.14. The minimum atomic E-state index is -0.490. The van der Waals surface area contributed by atoms with E-state index < -0.39 is 11.7 Å². The third kappa shape index (κ3) is 4.83. The van der Waals surface area contributed by atoms with Crippen LogP contribution in [0, 0.1) is 0 Å². The van der Waals surface area contributed by atoms with Crippen LogP contribution in [0.5, 0.6) is 0 Å². The summed E-state index contributed by atoms with van der Waals surface area (Å²) in [5.74, 6) is 0. The summed E-state index contributed by atoms with van der Waals surface area (Å²) in [5.41, 5.74) is 0.184. The van der Waals surface area contributed by atoms with Gasteiger partial charge in [0.2, 0.25) is 0 Å². The number of anilines is 1. The second-order valence-corrected chi connectivity index (χ2v) is 7.65. The van der Waals surface area contributed by atoms with E-state index in [0.717, 1.165) is 12.8 Å². The molecule has 2 rings (SSSR count). The zero-order chi connectivity index (χ0) is 16.5. The number of benzene rings is 1. The third-order valence-electron chi connectivity index (χ3n) is 3.21. The fourth-order valence-electron chi connectivity index (χ4n) is 2.21. The van der Waals surface area contributed by atoms with Crippen LogP contribution >= 0.6 is 34.8 Å². The van der Waals surface area contributed by atoms with Gasteiger partial charge in [-0.2, -0.15) is 0 Å². The summed E-state index contributed by atoms with van der Waals surface area (Å²) in [6.45, 7) is 5.51. The minimum absolute atomic E-state index is 0.0946. The molecule has 0 saturated heterocycles. The van der Waals surface area contributed by atoms with Crippen molar-refractivity contribution in [2.24, 2.45) is 0 Å². The van der Waals surface area contributed by atoms with Gasteiger partial charge in [0.05, 0.1) is 15.7 Å². The highest BCUT2D eigenvalue weighted by atomic mass is 35.5. The molecule has 7 heteroatoms. The smallest absolute Gasteiger partial charge is 0.407 e. The fraction of sp³-hybridized carbons (Fsp3) is 0.533. The van der Waals surface area contributed by atoms with Crippen LogP contribution in [0.4, 0.5) is 10.5 Å². The summed E-state index contributed by atoms with van der Waals surface area (Å²) in [5, 5.41) is 7.59. The van der Waals surface area contributed by atoms with Crippen molar-refractivity contribution in [1.82, 2.24) is 5.32 Å². The molecule has 0 aliphatic heterocycles. The molecule has 0 aromatic heterocycles. The standard InChI is InChI=1S/C15H19Cl3N2O2/c1-15(2,3)22-14(21)20-10-6-9(7-10)19-13-11(17)4-8(16)5-12(13)18/h4-5,9-10,19H,6-7H2,1-3H3,(H,20,21). The average molecular weight is 366 g/mol. The average Bonchev–Trinajstić information content (AvgIpc) is 2.27. The number of halogens is 3. The number of carbonyl (C=O) groups is 1. The zero-order valence-corrected chi connectivity index (χ0v) is 14.9. The lowest BCUT2D eigenvalue weighted by Crippen LogP contribution is -2.50. The van der Waals surface area contributed by atoms with Crippen molar-refractivity contribution >= 4 is 46.6 Å². The van der Waals surface area contributed by atoms with Gasteiger partial charge in [0.15, 0.2) is 0 Å². The number of carbonyl (C=O) groups excluding carboxylic acids is 1. The van der Waals surface area contributed by atoms with E-state index in [1.165, 1.54) is 0 Å². The molecule has 4 nitrogen and oxygen atoms in total. The van der Waals surface area contributed by atoms with Gasteiger partial charge in [-0.25, -0.2) is 4.79 Å². The number of amides is 1. The van der Waals surface area contributed by atoms with Gasteiger partial charge in [0.25, 0.3) is 0 Å². The number of nitrogens with one attached hydrogen (secondary N) is 2. The summed E-state index contributed by atoms with van der Waals surface area (Å²) in [7, 11) is 0. The van der Waals surface area contributed by atoms with Crippen molar-refractivity contribution in [3.05, 3.63) is 27.2 Å². The Morgan fingerprint density at radius 3 is 2.18 bits per heavy atom. The van der Waals surface area contributed by atoms with Gasteiger partial charge in [0.1, 0.15) is 5.60 Å². The highest BCUT2D eigenvalue weighted by Crippen LogP contribution is 2.36. The van der Waals surface area contributed by atoms with Crippen molar-refractivity contribution in [2.45, 2.75) is 51.3 Å². The van der Waals surface area contributed by atoms with E-state index in [0.29, 0.717) is 20.8 Å². The molecule has 22 heavy (non-hydrogen) atoms. The van der Waals surface area contributed by atoms with Gasteiger partial charge < -0.3 is 15.4 Å². The molecule has 122 valence electrons. The number of alkyl carbamates (subject to hydrolysis) is 1. The Labute approximate surface area is 145 Å². The third-order valence-corrected chi connectivity index (χ3v) is 4.03. The Kier molecular flexibility index (Phi) is 5.36. The van der Waals surface area contributed by atoms with Crippen LogP contribution in [0.15, 0.2) is 12.1 Å². The second-order valence-electron chi connectivity index (χ2n) is 6.40. The number of rotatable bonds is 3. The Hall–Kier alpha value is -0.840. The first-order valence-corrected chi connectivity index (χ1v) is 8.18. The van der Waals surface area contributed by atoms with Gasteiger partial charge in [-0.3, -0.25) is 0 Å². The summed E-state index contributed by atoms with van der Waals surface area (Å²) < 4.78 is 5.22. The highest BCUT2D eigenvalue weighted by Gasteiger charge is 2.32. The summed E-state index contributed by atoms with van der Waals surface area (Å²) in [4.78, 5) is 11.7. The maximum Gasteiger partial charge on any atom is 0.407 e.